The van der Waals surface area contributed by atoms with Gasteiger partial charge in [-0.25, -0.2) is 4.79 Å². The standard InChI is InChI=1S/C14H19BrN2O/c1-10-5-7-17(8-6-10)14(18)16-13-4-3-11(2)9-12(13)15/h3-4,9-10H,5-8H2,1-2H3,(H,16,18). The molecule has 0 atom stereocenters. The molecule has 0 unspecified atom stereocenters. The van der Waals surface area contributed by atoms with Gasteiger partial charge in [-0.2, -0.15) is 0 Å². The second-order valence-corrected chi connectivity index (χ2v) is 5.94. The van der Waals surface area contributed by atoms with Crippen molar-refractivity contribution in [2.24, 2.45) is 5.92 Å². The molecule has 18 heavy (non-hydrogen) atoms. The van der Waals surface area contributed by atoms with Crippen molar-refractivity contribution in [3.05, 3.63) is 28.2 Å². The van der Waals surface area contributed by atoms with Gasteiger partial charge in [0.1, 0.15) is 0 Å². The summed E-state index contributed by atoms with van der Waals surface area (Å²) in [5, 5.41) is 2.96. The maximum absolute atomic E-state index is 12.1. The van der Waals surface area contributed by atoms with Crippen molar-refractivity contribution in [2.75, 3.05) is 18.4 Å². The van der Waals surface area contributed by atoms with Gasteiger partial charge >= 0.3 is 6.03 Å². The number of nitrogens with one attached hydrogen (secondary N) is 1. The van der Waals surface area contributed by atoms with Crippen LogP contribution in [0.15, 0.2) is 22.7 Å². The highest BCUT2D eigenvalue weighted by molar-refractivity contribution is 9.10. The summed E-state index contributed by atoms with van der Waals surface area (Å²) in [6, 6.07) is 5.95. The van der Waals surface area contributed by atoms with Gasteiger partial charge in [0.15, 0.2) is 0 Å². The zero-order valence-electron chi connectivity index (χ0n) is 10.9. The molecule has 2 rings (SSSR count). The van der Waals surface area contributed by atoms with E-state index in [1.54, 1.807) is 0 Å². The van der Waals surface area contributed by atoms with Gasteiger partial charge in [-0.05, 0) is 59.3 Å². The number of anilines is 1. The van der Waals surface area contributed by atoms with E-state index in [9.17, 15) is 4.79 Å². The number of urea groups is 1. The summed E-state index contributed by atoms with van der Waals surface area (Å²) in [4.78, 5) is 14.0. The zero-order valence-corrected chi connectivity index (χ0v) is 12.5. The van der Waals surface area contributed by atoms with E-state index in [-0.39, 0.29) is 6.03 Å². The van der Waals surface area contributed by atoms with E-state index in [1.165, 1.54) is 5.56 Å². The number of benzene rings is 1. The van der Waals surface area contributed by atoms with E-state index < -0.39 is 0 Å². The molecule has 1 aliphatic rings. The summed E-state index contributed by atoms with van der Waals surface area (Å²) >= 11 is 3.48. The van der Waals surface area contributed by atoms with Crippen LogP contribution in [0.1, 0.15) is 25.3 Å². The average molecular weight is 311 g/mol. The maximum atomic E-state index is 12.1. The minimum atomic E-state index is 0.00598. The normalized spacial score (nSPS) is 16.7. The SMILES string of the molecule is Cc1ccc(NC(=O)N2CCC(C)CC2)c(Br)c1. The number of piperidine rings is 1. The number of aryl methyl sites for hydroxylation is 1. The van der Waals surface area contributed by atoms with Gasteiger partial charge in [0.25, 0.3) is 0 Å². The lowest BCUT2D eigenvalue weighted by Gasteiger charge is -2.30. The number of carbonyl (C=O) groups excluding carboxylic acids is 1. The van der Waals surface area contributed by atoms with Crippen LogP contribution in [0, 0.1) is 12.8 Å². The summed E-state index contributed by atoms with van der Waals surface area (Å²) in [6.45, 7) is 5.99. The lowest BCUT2D eigenvalue weighted by molar-refractivity contribution is 0.186. The zero-order chi connectivity index (χ0) is 13.1. The molecule has 1 fully saturated rings. The quantitative estimate of drug-likeness (QED) is 0.834. The summed E-state index contributed by atoms with van der Waals surface area (Å²) in [6.07, 6.45) is 2.20. The van der Waals surface area contributed by atoms with Crippen LogP contribution < -0.4 is 5.32 Å². The third-order valence-corrected chi connectivity index (χ3v) is 4.09. The predicted molar refractivity (Wildman–Crippen MR) is 77.9 cm³/mol. The van der Waals surface area contributed by atoms with Crippen LogP contribution in [-0.2, 0) is 0 Å². The highest BCUT2D eigenvalue weighted by atomic mass is 79.9. The molecule has 0 aliphatic carbocycles. The lowest BCUT2D eigenvalue weighted by Crippen LogP contribution is -2.40. The van der Waals surface area contributed by atoms with E-state index in [0.29, 0.717) is 0 Å². The Balaban J connectivity index is 1.98. The Kier molecular flexibility index (Phi) is 4.27. The minimum Gasteiger partial charge on any atom is -0.325 e. The van der Waals surface area contributed by atoms with Crippen molar-refractivity contribution < 1.29 is 4.79 Å². The van der Waals surface area contributed by atoms with Crippen molar-refractivity contribution in [1.82, 2.24) is 4.90 Å². The van der Waals surface area contributed by atoms with Gasteiger partial charge < -0.3 is 10.2 Å². The second-order valence-electron chi connectivity index (χ2n) is 5.08. The first-order valence-corrected chi connectivity index (χ1v) is 7.17. The molecule has 1 N–H and O–H groups in total. The molecule has 1 heterocycles. The smallest absolute Gasteiger partial charge is 0.321 e. The Morgan fingerprint density at radius 1 is 1.39 bits per heavy atom. The van der Waals surface area contributed by atoms with Crippen LogP contribution in [0.4, 0.5) is 10.5 Å². The van der Waals surface area contributed by atoms with Gasteiger partial charge in [0.2, 0.25) is 0 Å². The molecule has 0 spiro atoms. The molecule has 1 aromatic rings. The van der Waals surface area contributed by atoms with Crippen LogP contribution in [0.2, 0.25) is 0 Å². The Morgan fingerprint density at radius 3 is 2.67 bits per heavy atom. The molecule has 1 aliphatic heterocycles. The van der Waals surface area contributed by atoms with Gasteiger partial charge in [-0.3, -0.25) is 0 Å². The van der Waals surface area contributed by atoms with Gasteiger partial charge in [-0.1, -0.05) is 13.0 Å². The molecule has 0 aromatic heterocycles. The third-order valence-electron chi connectivity index (χ3n) is 3.44. The molecule has 2 amide bonds. The molecular formula is C14H19BrN2O. The fraction of sp³-hybridized carbons (Fsp3) is 0.500. The number of halogens is 1. The van der Waals surface area contributed by atoms with E-state index in [1.807, 2.05) is 30.0 Å². The van der Waals surface area contributed by atoms with E-state index in [4.69, 9.17) is 0 Å². The molecule has 1 saturated heterocycles. The molecule has 4 heteroatoms. The number of rotatable bonds is 1. The summed E-state index contributed by atoms with van der Waals surface area (Å²) in [5.41, 5.74) is 2.01. The Hall–Kier alpha value is -1.03. The molecule has 1 aromatic carbocycles. The topological polar surface area (TPSA) is 32.3 Å². The van der Waals surface area contributed by atoms with Crippen molar-refractivity contribution in [2.45, 2.75) is 26.7 Å². The molecule has 0 saturated carbocycles. The van der Waals surface area contributed by atoms with E-state index in [0.717, 1.165) is 42.0 Å². The fourth-order valence-electron chi connectivity index (χ4n) is 2.13. The third kappa shape index (κ3) is 3.25. The number of amides is 2. The van der Waals surface area contributed by atoms with Crippen LogP contribution in [0.3, 0.4) is 0 Å². The van der Waals surface area contributed by atoms with Gasteiger partial charge in [0, 0.05) is 17.6 Å². The highest BCUT2D eigenvalue weighted by Gasteiger charge is 2.20. The molecular weight excluding hydrogens is 292 g/mol. The number of likely N-dealkylation sites (tertiary alicyclic amines) is 1. The monoisotopic (exact) mass is 310 g/mol. The van der Waals surface area contributed by atoms with Crippen molar-refractivity contribution in [3.8, 4) is 0 Å². The predicted octanol–water partition coefficient (Wildman–Crippen LogP) is 4.02. The Morgan fingerprint density at radius 2 is 2.06 bits per heavy atom. The van der Waals surface area contributed by atoms with Crippen LogP contribution >= 0.6 is 15.9 Å². The highest BCUT2D eigenvalue weighted by Crippen LogP contribution is 2.24. The number of carbonyl (C=O) groups is 1. The van der Waals surface area contributed by atoms with Crippen molar-refractivity contribution in [3.63, 3.8) is 0 Å². The summed E-state index contributed by atoms with van der Waals surface area (Å²) in [5.74, 6) is 0.736. The Labute approximate surface area is 117 Å². The number of hydrogen-bond acceptors (Lipinski definition) is 1. The van der Waals surface area contributed by atoms with Gasteiger partial charge in [0.05, 0.1) is 5.69 Å². The first kappa shape index (κ1) is 13.4. The molecule has 3 nitrogen and oxygen atoms in total. The average Bonchev–Trinajstić information content (AvgIpc) is 2.33. The van der Waals surface area contributed by atoms with Crippen LogP contribution in [-0.4, -0.2) is 24.0 Å². The molecule has 0 radical (unpaired) electrons. The maximum Gasteiger partial charge on any atom is 0.321 e. The first-order chi connectivity index (χ1) is 8.56. The van der Waals surface area contributed by atoms with Crippen molar-refractivity contribution in [1.29, 1.82) is 0 Å². The minimum absolute atomic E-state index is 0.00598. The number of nitrogens with zero attached hydrogens (tertiary/aromatic N) is 1. The second kappa shape index (κ2) is 5.74. The lowest BCUT2D eigenvalue weighted by atomic mass is 10.00. The van der Waals surface area contributed by atoms with E-state index >= 15 is 0 Å². The Bertz CT molecular complexity index is 439. The van der Waals surface area contributed by atoms with Gasteiger partial charge in [-0.15, -0.1) is 0 Å². The van der Waals surface area contributed by atoms with Crippen LogP contribution in [0.25, 0.3) is 0 Å². The largest absolute Gasteiger partial charge is 0.325 e. The summed E-state index contributed by atoms with van der Waals surface area (Å²) in [7, 11) is 0. The molecule has 98 valence electrons. The molecule has 0 bridgehead atoms. The van der Waals surface area contributed by atoms with Crippen LogP contribution in [0.5, 0.6) is 0 Å². The van der Waals surface area contributed by atoms with Crippen molar-refractivity contribution >= 4 is 27.6 Å². The fourth-order valence-corrected chi connectivity index (χ4v) is 2.72. The first-order valence-electron chi connectivity index (χ1n) is 6.38. The van der Waals surface area contributed by atoms with E-state index in [2.05, 4.69) is 28.2 Å². The summed E-state index contributed by atoms with van der Waals surface area (Å²) < 4.78 is 0.932. The number of hydrogen-bond donors (Lipinski definition) is 1.